The van der Waals surface area contributed by atoms with E-state index in [0.717, 1.165) is 47.7 Å². The van der Waals surface area contributed by atoms with Crippen LogP contribution in [0.5, 0.6) is 5.75 Å². The highest BCUT2D eigenvalue weighted by molar-refractivity contribution is 6.04. The topological polar surface area (TPSA) is 79.4 Å². The molecule has 7 nitrogen and oxygen atoms in total. The first kappa shape index (κ1) is 19.7. The monoisotopic (exact) mass is 403 g/mol. The summed E-state index contributed by atoms with van der Waals surface area (Å²) in [6.07, 6.45) is 2.37. The second-order valence-electron chi connectivity index (χ2n) is 7.27. The van der Waals surface area contributed by atoms with Crippen LogP contribution < -0.4 is 20.3 Å². The number of benzene rings is 2. The van der Waals surface area contributed by atoms with Gasteiger partial charge in [-0.1, -0.05) is 0 Å². The lowest BCUT2D eigenvalue weighted by molar-refractivity contribution is 0.102. The first-order valence-electron chi connectivity index (χ1n) is 10.0. The maximum absolute atomic E-state index is 12.4. The van der Waals surface area contributed by atoms with E-state index in [0.29, 0.717) is 5.56 Å². The van der Waals surface area contributed by atoms with Crippen molar-refractivity contribution in [1.29, 1.82) is 0 Å². The van der Waals surface area contributed by atoms with Crippen molar-refractivity contribution in [2.24, 2.45) is 0 Å². The molecular formula is C23H25N5O2. The minimum absolute atomic E-state index is 0.167. The highest BCUT2D eigenvalue weighted by atomic mass is 16.5. The van der Waals surface area contributed by atoms with Gasteiger partial charge in [-0.05, 0) is 68.3 Å². The number of carbonyl (C=O) groups is 1. The number of hydrogen-bond acceptors (Lipinski definition) is 6. The molecule has 1 saturated heterocycles. The van der Waals surface area contributed by atoms with E-state index >= 15 is 0 Å². The molecule has 1 aliphatic heterocycles. The third kappa shape index (κ3) is 4.68. The zero-order valence-corrected chi connectivity index (χ0v) is 17.2. The summed E-state index contributed by atoms with van der Waals surface area (Å²) in [6, 6.07) is 16.5. The number of ether oxygens (including phenoxy) is 1. The molecule has 4 rings (SSSR count). The summed E-state index contributed by atoms with van der Waals surface area (Å²) in [4.78, 5) is 23.8. The van der Waals surface area contributed by atoms with Gasteiger partial charge in [-0.3, -0.25) is 4.79 Å². The van der Waals surface area contributed by atoms with Crippen molar-refractivity contribution >= 4 is 29.0 Å². The van der Waals surface area contributed by atoms with Gasteiger partial charge in [0.25, 0.3) is 5.91 Å². The largest absolute Gasteiger partial charge is 0.497 e. The van der Waals surface area contributed by atoms with E-state index in [-0.39, 0.29) is 5.91 Å². The Balaban J connectivity index is 1.41. The number of nitrogens with zero attached hydrogens (tertiary/aromatic N) is 3. The molecule has 0 aliphatic carbocycles. The molecule has 0 unspecified atom stereocenters. The molecule has 7 heteroatoms. The zero-order chi connectivity index (χ0) is 20.9. The van der Waals surface area contributed by atoms with Gasteiger partial charge < -0.3 is 20.3 Å². The average molecular weight is 403 g/mol. The Morgan fingerprint density at radius 2 is 1.63 bits per heavy atom. The van der Waals surface area contributed by atoms with Crippen molar-refractivity contribution in [2.45, 2.75) is 19.8 Å². The smallest absolute Gasteiger partial charge is 0.255 e. The number of methoxy groups -OCH3 is 1. The summed E-state index contributed by atoms with van der Waals surface area (Å²) in [5.74, 6) is 2.09. The molecule has 1 aromatic heterocycles. The molecule has 1 amide bonds. The SMILES string of the molecule is COc1ccc(C(=O)Nc2ccc(Nc3cc(C)nc(N4CCCC4)n3)cc2)cc1. The Morgan fingerprint density at radius 3 is 2.30 bits per heavy atom. The second kappa shape index (κ2) is 8.82. The van der Waals surface area contributed by atoms with E-state index in [9.17, 15) is 4.79 Å². The molecule has 2 N–H and O–H groups in total. The Kier molecular flexibility index (Phi) is 5.79. The normalized spacial score (nSPS) is 13.2. The minimum atomic E-state index is -0.167. The van der Waals surface area contributed by atoms with E-state index in [1.54, 1.807) is 31.4 Å². The Bertz CT molecular complexity index is 1010. The van der Waals surface area contributed by atoms with Crippen molar-refractivity contribution in [3.8, 4) is 5.75 Å². The number of aryl methyl sites for hydroxylation is 1. The summed E-state index contributed by atoms with van der Waals surface area (Å²) in [7, 11) is 1.60. The number of anilines is 4. The fraction of sp³-hybridized carbons (Fsp3) is 0.261. The molecular weight excluding hydrogens is 378 g/mol. The third-order valence-electron chi connectivity index (χ3n) is 5.00. The summed E-state index contributed by atoms with van der Waals surface area (Å²) in [5.41, 5.74) is 3.11. The van der Waals surface area contributed by atoms with E-state index in [1.807, 2.05) is 37.3 Å². The van der Waals surface area contributed by atoms with Gasteiger partial charge in [-0.15, -0.1) is 0 Å². The van der Waals surface area contributed by atoms with Gasteiger partial charge >= 0.3 is 0 Å². The predicted molar refractivity (Wildman–Crippen MR) is 119 cm³/mol. The van der Waals surface area contributed by atoms with Gasteiger partial charge in [0, 0.05) is 41.8 Å². The van der Waals surface area contributed by atoms with Crippen molar-refractivity contribution < 1.29 is 9.53 Å². The number of carbonyl (C=O) groups excluding carboxylic acids is 1. The number of rotatable bonds is 6. The van der Waals surface area contributed by atoms with Gasteiger partial charge in [0.05, 0.1) is 7.11 Å². The molecule has 30 heavy (non-hydrogen) atoms. The lowest BCUT2D eigenvalue weighted by Crippen LogP contribution is -2.21. The highest BCUT2D eigenvalue weighted by Gasteiger charge is 2.16. The molecule has 3 aromatic rings. The van der Waals surface area contributed by atoms with E-state index in [4.69, 9.17) is 4.74 Å². The van der Waals surface area contributed by atoms with E-state index in [1.165, 1.54) is 12.8 Å². The van der Waals surface area contributed by atoms with Crippen LogP contribution in [0.15, 0.2) is 54.6 Å². The lowest BCUT2D eigenvalue weighted by atomic mass is 10.2. The van der Waals surface area contributed by atoms with Gasteiger partial charge in [-0.25, -0.2) is 4.98 Å². The van der Waals surface area contributed by atoms with E-state index in [2.05, 4.69) is 25.5 Å². The van der Waals surface area contributed by atoms with Crippen LogP contribution >= 0.6 is 0 Å². The van der Waals surface area contributed by atoms with Crippen LogP contribution in [0.25, 0.3) is 0 Å². The Labute approximate surface area is 176 Å². The van der Waals surface area contributed by atoms with Crippen LogP contribution in [0, 0.1) is 6.92 Å². The molecule has 2 aromatic carbocycles. The summed E-state index contributed by atoms with van der Waals surface area (Å²) < 4.78 is 5.12. The standard InChI is InChI=1S/C23H25N5O2/c1-16-15-21(27-23(24-16)28-13-3-4-14-28)25-18-7-9-19(10-8-18)26-22(29)17-5-11-20(30-2)12-6-17/h5-12,15H,3-4,13-14H2,1-2H3,(H,26,29)(H,24,25,27). The maximum Gasteiger partial charge on any atom is 0.255 e. The maximum atomic E-state index is 12.4. The summed E-state index contributed by atoms with van der Waals surface area (Å²) >= 11 is 0. The molecule has 2 heterocycles. The molecule has 0 spiro atoms. The van der Waals surface area contributed by atoms with Crippen molar-refractivity contribution in [3.05, 3.63) is 65.9 Å². The summed E-state index contributed by atoms with van der Waals surface area (Å²) in [5, 5.41) is 6.23. The van der Waals surface area contributed by atoms with Crippen LogP contribution in [0.2, 0.25) is 0 Å². The first-order chi connectivity index (χ1) is 14.6. The van der Waals surface area contributed by atoms with Crippen LogP contribution in [-0.2, 0) is 0 Å². The van der Waals surface area contributed by atoms with Crippen LogP contribution in [-0.4, -0.2) is 36.1 Å². The molecule has 0 radical (unpaired) electrons. The lowest BCUT2D eigenvalue weighted by Gasteiger charge is -2.17. The third-order valence-corrected chi connectivity index (χ3v) is 5.00. The summed E-state index contributed by atoms with van der Waals surface area (Å²) in [6.45, 7) is 3.99. The average Bonchev–Trinajstić information content (AvgIpc) is 3.30. The van der Waals surface area contributed by atoms with Crippen molar-refractivity contribution in [2.75, 3.05) is 35.7 Å². The quantitative estimate of drug-likeness (QED) is 0.635. The fourth-order valence-corrected chi connectivity index (χ4v) is 3.41. The second-order valence-corrected chi connectivity index (χ2v) is 7.27. The number of aromatic nitrogens is 2. The fourth-order valence-electron chi connectivity index (χ4n) is 3.41. The van der Waals surface area contributed by atoms with Gasteiger partial charge in [0.1, 0.15) is 11.6 Å². The highest BCUT2D eigenvalue weighted by Crippen LogP contribution is 2.22. The molecule has 0 saturated carbocycles. The molecule has 154 valence electrons. The first-order valence-corrected chi connectivity index (χ1v) is 10.0. The van der Waals surface area contributed by atoms with Crippen LogP contribution in [0.1, 0.15) is 28.9 Å². The van der Waals surface area contributed by atoms with Crippen molar-refractivity contribution in [1.82, 2.24) is 9.97 Å². The van der Waals surface area contributed by atoms with Gasteiger partial charge in [0.2, 0.25) is 5.95 Å². The van der Waals surface area contributed by atoms with Crippen LogP contribution in [0.3, 0.4) is 0 Å². The number of hydrogen-bond donors (Lipinski definition) is 2. The Hall–Kier alpha value is -3.61. The predicted octanol–water partition coefficient (Wildman–Crippen LogP) is 4.39. The molecule has 0 atom stereocenters. The zero-order valence-electron chi connectivity index (χ0n) is 17.2. The number of nitrogens with one attached hydrogen (secondary N) is 2. The van der Waals surface area contributed by atoms with Crippen LogP contribution in [0.4, 0.5) is 23.1 Å². The number of amides is 1. The molecule has 1 aliphatic rings. The van der Waals surface area contributed by atoms with Gasteiger partial charge in [0.15, 0.2) is 0 Å². The van der Waals surface area contributed by atoms with Gasteiger partial charge in [-0.2, -0.15) is 4.98 Å². The minimum Gasteiger partial charge on any atom is -0.497 e. The van der Waals surface area contributed by atoms with Crippen molar-refractivity contribution in [3.63, 3.8) is 0 Å². The molecule has 0 bridgehead atoms. The molecule has 1 fully saturated rings. The Morgan fingerprint density at radius 1 is 0.967 bits per heavy atom. The van der Waals surface area contributed by atoms with E-state index < -0.39 is 0 Å².